The summed E-state index contributed by atoms with van der Waals surface area (Å²) in [6.45, 7) is 5.56. The third-order valence-electron chi connectivity index (χ3n) is 3.68. The summed E-state index contributed by atoms with van der Waals surface area (Å²) in [6, 6.07) is 6.13. The Labute approximate surface area is 118 Å². The molecule has 1 fully saturated rings. The van der Waals surface area contributed by atoms with E-state index in [9.17, 15) is 13.2 Å². The Bertz CT molecular complexity index is 431. The van der Waals surface area contributed by atoms with Crippen LogP contribution in [0.15, 0.2) is 24.3 Å². The zero-order valence-corrected chi connectivity index (χ0v) is 11.7. The molecule has 112 valence electrons. The molecule has 1 N–H and O–H groups in total. The zero-order valence-electron chi connectivity index (χ0n) is 11.7. The first kappa shape index (κ1) is 15.3. The molecular formula is C15H21F3N2. The fourth-order valence-electron chi connectivity index (χ4n) is 2.50. The Morgan fingerprint density at radius 2 is 2.10 bits per heavy atom. The van der Waals surface area contributed by atoms with Gasteiger partial charge in [0.2, 0.25) is 0 Å². The molecule has 2 rings (SSSR count). The van der Waals surface area contributed by atoms with E-state index < -0.39 is 11.7 Å². The second kappa shape index (κ2) is 6.59. The highest BCUT2D eigenvalue weighted by molar-refractivity contribution is 5.25. The molecule has 2 nitrogen and oxygen atoms in total. The summed E-state index contributed by atoms with van der Waals surface area (Å²) < 4.78 is 38.1. The third kappa shape index (κ3) is 4.49. The van der Waals surface area contributed by atoms with Gasteiger partial charge < -0.3 is 5.32 Å². The molecule has 1 saturated heterocycles. The molecular weight excluding hydrogens is 265 g/mol. The summed E-state index contributed by atoms with van der Waals surface area (Å²) in [4.78, 5) is 2.24. The lowest BCUT2D eigenvalue weighted by molar-refractivity contribution is -0.137. The van der Waals surface area contributed by atoms with E-state index in [0.717, 1.165) is 44.1 Å². The number of nitrogens with zero attached hydrogens (tertiary/aromatic N) is 1. The molecule has 1 aliphatic heterocycles. The fraction of sp³-hybridized carbons (Fsp3) is 0.600. The lowest BCUT2D eigenvalue weighted by atomic mass is 10.1. The van der Waals surface area contributed by atoms with Crippen molar-refractivity contribution >= 4 is 0 Å². The van der Waals surface area contributed by atoms with E-state index >= 15 is 0 Å². The summed E-state index contributed by atoms with van der Waals surface area (Å²) in [5, 5.41) is 3.42. The van der Waals surface area contributed by atoms with E-state index in [-0.39, 0.29) is 0 Å². The van der Waals surface area contributed by atoms with Crippen molar-refractivity contribution in [3.8, 4) is 0 Å². The van der Waals surface area contributed by atoms with Crippen LogP contribution in [-0.2, 0) is 12.7 Å². The Balaban J connectivity index is 2.01. The molecule has 5 heteroatoms. The normalized spacial score (nSPS) is 22.3. The number of hydrogen-bond donors (Lipinski definition) is 1. The van der Waals surface area contributed by atoms with Crippen molar-refractivity contribution in [2.45, 2.75) is 38.5 Å². The number of nitrogens with one attached hydrogen (secondary N) is 1. The number of benzene rings is 1. The first-order chi connectivity index (χ1) is 9.45. The topological polar surface area (TPSA) is 15.3 Å². The number of alkyl halides is 3. The number of hydrogen-bond acceptors (Lipinski definition) is 2. The summed E-state index contributed by atoms with van der Waals surface area (Å²) in [6.07, 6.45) is -2.20. The van der Waals surface area contributed by atoms with Gasteiger partial charge in [-0.25, -0.2) is 0 Å². The zero-order chi connectivity index (χ0) is 14.6. The van der Waals surface area contributed by atoms with Gasteiger partial charge >= 0.3 is 6.18 Å². The van der Waals surface area contributed by atoms with Crippen LogP contribution in [0, 0.1) is 0 Å². The summed E-state index contributed by atoms with van der Waals surface area (Å²) in [5.74, 6) is 0. The van der Waals surface area contributed by atoms with Gasteiger partial charge in [-0.3, -0.25) is 4.90 Å². The van der Waals surface area contributed by atoms with Gasteiger partial charge in [0.1, 0.15) is 0 Å². The lowest BCUT2D eigenvalue weighted by Gasteiger charge is -2.27. The van der Waals surface area contributed by atoms with Crippen molar-refractivity contribution in [3.05, 3.63) is 35.4 Å². The highest BCUT2D eigenvalue weighted by atomic mass is 19.4. The van der Waals surface area contributed by atoms with Crippen LogP contribution >= 0.6 is 0 Å². The number of halogens is 3. The molecule has 1 heterocycles. The Morgan fingerprint density at radius 1 is 1.30 bits per heavy atom. The third-order valence-corrected chi connectivity index (χ3v) is 3.68. The summed E-state index contributed by atoms with van der Waals surface area (Å²) in [5.41, 5.74) is 0.179. The van der Waals surface area contributed by atoms with Crippen molar-refractivity contribution in [1.29, 1.82) is 0 Å². The van der Waals surface area contributed by atoms with E-state index in [0.29, 0.717) is 12.6 Å². The molecule has 1 atom stereocenters. The second-order valence-corrected chi connectivity index (χ2v) is 5.47. The van der Waals surface area contributed by atoms with Gasteiger partial charge in [0.25, 0.3) is 0 Å². The SMILES string of the molecule is CC1CCN(Cc2cccc(C(F)(F)F)c2)CCCN1. The predicted octanol–water partition coefficient (Wildman–Crippen LogP) is 3.28. The van der Waals surface area contributed by atoms with Crippen LogP contribution < -0.4 is 5.32 Å². The minimum Gasteiger partial charge on any atom is -0.314 e. The molecule has 0 aliphatic carbocycles. The van der Waals surface area contributed by atoms with Gasteiger partial charge in [-0.05, 0) is 51.0 Å². The van der Waals surface area contributed by atoms with E-state index in [2.05, 4.69) is 17.1 Å². The highest BCUT2D eigenvalue weighted by Gasteiger charge is 2.30. The van der Waals surface area contributed by atoms with Crippen LogP contribution in [0.5, 0.6) is 0 Å². The van der Waals surface area contributed by atoms with Crippen molar-refractivity contribution in [1.82, 2.24) is 10.2 Å². The van der Waals surface area contributed by atoms with Gasteiger partial charge in [-0.2, -0.15) is 13.2 Å². The highest BCUT2D eigenvalue weighted by Crippen LogP contribution is 2.29. The quantitative estimate of drug-likeness (QED) is 0.897. The molecule has 1 aliphatic rings. The number of rotatable bonds is 2. The maximum atomic E-state index is 12.7. The van der Waals surface area contributed by atoms with Gasteiger partial charge in [-0.15, -0.1) is 0 Å². The Hall–Kier alpha value is -1.07. The van der Waals surface area contributed by atoms with Gasteiger partial charge in [0.15, 0.2) is 0 Å². The predicted molar refractivity (Wildman–Crippen MR) is 73.4 cm³/mol. The maximum absolute atomic E-state index is 12.7. The smallest absolute Gasteiger partial charge is 0.314 e. The average molecular weight is 286 g/mol. The van der Waals surface area contributed by atoms with E-state index in [1.807, 2.05) is 0 Å². The van der Waals surface area contributed by atoms with Gasteiger partial charge in [0.05, 0.1) is 5.56 Å². The molecule has 0 aromatic heterocycles. The largest absolute Gasteiger partial charge is 0.416 e. The fourth-order valence-corrected chi connectivity index (χ4v) is 2.50. The molecule has 1 aromatic rings. The minimum atomic E-state index is -4.26. The molecule has 0 radical (unpaired) electrons. The van der Waals surface area contributed by atoms with E-state index in [4.69, 9.17) is 0 Å². The van der Waals surface area contributed by atoms with Crippen molar-refractivity contribution in [2.24, 2.45) is 0 Å². The first-order valence-corrected chi connectivity index (χ1v) is 7.07. The molecule has 0 spiro atoms. The van der Waals surface area contributed by atoms with Crippen LogP contribution in [-0.4, -0.2) is 30.6 Å². The Kier molecular flexibility index (Phi) is 5.05. The van der Waals surface area contributed by atoms with E-state index in [1.165, 1.54) is 12.1 Å². The summed E-state index contributed by atoms with van der Waals surface area (Å²) in [7, 11) is 0. The van der Waals surface area contributed by atoms with Gasteiger partial charge in [-0.1, -0.05) is 18.2 Å². The molecule has 20 heavy (non-hydrogen) atoms. The van der Waals surface area contributed by atoms with Crippen molar-refractivity contribution in [2.75, 3.05) is 19.6 Å². The van der Waals surface area contributed by atoms with Gasteiger partial charge in [0, 0.05) is 12.6 Å². The molecule has 1 aromatic carbocycles. The monoisotopic (exact) mass is 286 g/mol. The average Bonchev–Trinajstić information content (AvgIpc) is 2.37. The van der Waals surface area contributed by atoms with Crippen molar-refractivity contribution < 1.29 is 13.2 Å². The van der Waals surface area contributed by atoms with Crippen LogP contribution in [0.4, 0.5) is 13.2 Å². The van der Waals surface area contributed by atoms with Crippen LogP contribution in [0.3, 0.4) is 0 Å². The summed E-state index contributed by atoms with van der Waals surface area (Å²) >= 11 is 0. The van der Waals surface area contributed by atoms with E-state index in [1.54, 1.807) is 6.07 Å². The minimum absolute atomic E-state index is 0.472. The lowest BCUT2D eigenvalue weighted by Crippen LogP contribution is -2.38. The van der Waals surface area contributed by atoms with Crippen molar-refractivity contribution in [3.63, 3.8) is 0 Å². The molecule has 0 saturated carbocycles. The van der Waals surface area contributed by atoms with Crippen LogP contribution in [0.2, 0.25) is 0 Å². The van der Waals surface area contributed by atoms with Crippen LogP contribution in [0.25, 0.3) is 0 Å². The molecule has 0 amide bonds. The van der Waals surface area contributed by atoms with Crippen LogP contribution in [0.1, 0.15) is 30.9 Å². The standard InChI is InChI=1S/C15H21F3N2/c1-12-6-9-20(8-3-7-19-12)11-13-4-2-5-14(10-13)15(16,17)18/h2,4-5,10,12,19H,3,6-9,11H2,1H3. The molecule has 0 bridgehead atoms. The maximum Gasteiger partial charge on any atom is 0.416 e. The molecule has 1 unspecified atom stereocenters. The Morgan fingerprint density at radius 3 is 2.85 bits per heavy atom. The second-order valence-electron chi connectivity index (χ2n) is 5.47. The first-order valence-electron chi connectivity index (χ1n) is 7.07.